The van der Waals surface area contributed by atoms with Gasteiger partial charge in [0.05, 0.1) is 30.1 Å². The Kier molecular flexibility index (Phi) is 6.32. The highest BCUT2D eigenvalue weighted by molar-refractivity contribution is 6.01. The minimum atomic E-state index is 0.222. The van der Waals surface area contributed by atoms with Crippen LogP contribution in [0.2, 0.25) is 0 Å². The van der Waals surface area contributed by atoms with E-state index >= 15 is 0 Å². The molecule has 5 heteroatoms. The minimum Gasteiger partial charge on any atom is -0.490 e. The molecule has 0 unspecified atom stereocenters. The van der Waals surface area contributed by atoms with Gasteiger partial charge in [-0.25, -0.2) is 0 Å². The maximum Gasteiger partial charge on any atom is 0.121 e. The highest BCUT2D eigenvalue weighted by Gasteiger charge is 2.27. The normalized spacial score (nSPS) is 16.7. The lowest BCUT2D eigenvalue weighted by Gasteiger charge is -2.30. The molecule has 0 bridgehead atoms. The number of aromatic nitrogens is 1. The maximum atomic E-state index is 6.82. The van der Waals surface area contributed by atoms with E-state index in [9.17, 15) is 0 Å². The molecule has 1 aliphatic heterocycles. The number of ether oxygens (including phenoxy) is 2. The third kappa shape index (κ3) is 4.44. The van der Waals surface area contributed by atoms with Crippen molar-refractivity contribution in [1.29, 1.82) is 0 Å². The van der Waals surface area contributed by atoms with Crippen LogP contribution in [0, 0.1) is 6.92 Å². The quantitative estimate of drug-likeness (QED) is 0.296. The molecule has 4 aromatic rings. The second-order valence-electron chi connectivity index (χ2n) is 10.2. The van der Waals surface area contributed by atoms with Crippen molar-refractivity contribution in [2.45, 2.75) is 57.7 Å². The highest BCUT2D eigenvalue weighted by atomic mass is 16.5. The van der Waals surface area contributed by atoms with E-state index in [1.807, 2.05) is 0 Å². The van der Waals surface area contributed by atoms with E-state index in [0.29, 0.717) is 6.04 Å². The first-order valence-electron chi connectivity index (χ1n) is 13.2. The number of nitrogen functional groups attached to an aromatic ring is 1. The number of fused-ring (bicyclic) bond motifs is 1. The van der Waals surface area contributed by atoms with E-state index in [2.05, 4.69) is 83.5 Å². The second-order valence-corrected chi connectivity index (χ2v) is 10.2. The van der Waals surface area contributed by atoms with Gasteiger partial charge in [-0.2, -0.15) is 0 Å². The summed E-state index contributed by atoms with van der Waals surface area (Å²) >= 11 is 0. The fraction of sp³-hybridized carbons (Fsp3) is 0.355. The minimum absolute atomic E-state index is 0.222. The zero-order valence-corrected chi connectivity index (χ0v) is 21.0. The Morgan fingerprint density at radius 3 is 2.47 bits per heavy atom. The topological polar surface area (TPSA) is 61.4 Å². The summed E-state index contributed by atoms with van der Waals surface area (Å²) in [5, 5.41) is 4.67. The Balaban J connectivity index is 1.30. The molecule has 1 aromatic heterocycles. The molecule has 2 heterocycles. The van der Waals surface area contributed by atoms with Crippen molar-refractivity contribution >= 4 is 22.3 Å². The number of anilines is 2. The average molecular weight is 482 g/mol. The Morgan fingerprint density at radius 2 is 1.75 bits per heavy atom. The van der Waals surface area contributed by atoms with Crippen LogP contribution in [0.3, 0.4) is 0 Å². The molecule has 1 aliphatic carbocycles. The number of nitrogens with two attached hydrogens (primary N) is 1. The van der Waals surface area contributed by atoms with E-state index in [1.165, 1.54) is 35.9 Å². The van der Waals surface area contributed by atoms with Crippen LogP contribution < -0.4 is 15.8 Å². The number of nitrogens with zero attached hydrogens (tertiary/aromatic N) is 1. The summed E-state index contributed by atoms with van der Waals surface area (Å²) in [6.45, 7) is 4.52. The molecule has 36 heavy (non-hydrogen) atoms. The molecule has 1 saturated heterocycles. The Morgan fingerprint density at radius 1 is 0.972 bits per heavy atom. The Labute approximate surface area is 213 Å². The number of hydrogen-bond donors (Lipinski definition) is 2. The van der Waals surface area contributed by atoms with Crippen LogP contribution in [0.1, 0.15) is 49.3 Å². The van der Waals surface area contributed by atoms with E-state index in [1.54, 1.807) is 0 Å². The Hall–Kier alpha value is -3.44. The van der Waals surface area contributed by atoms with Gasteiger partial charge in [0.2, 0.25) is 0 Å². The zero-order valence-electron chi connectivity index (χ0n) is 21.0. The first-order valence-corrected chi connectivity index (χ1v) is 13.2. The lowest BCUT2D eigenvalue weighted by atomic mass is 9.92. The van der Waals surface area contributed by atoms with E-state index in [0.717, 1.165) is 66.4 Å². The van der Waals surface area contributed by atoms with Gasteiger partial charge in [-0.05, 0) is 61.6 Å². The summed E-state index contributed by atoms with van der Waals surface area (Å²) in [6.07, 6.45) is 5.76. The predicted octanol–water partition coefficient (Wildman–Crippen LogP) is 7.09. The van der Waals surface area contributed by atoms with Crippen molar-refractivity contribution in [1.82, 2.24) is 4.57 Å². The van der Waals surface area contributed by atoms with Gasteiger partial charge >= 0.3 is 0 Å². The van der Waals surface area contributed by atoms with Crippen molar-refractivity contribution in [2.75, 3.05) is 24.3 Å². The molecule has 6 rings (SSSR count). The molecule has 0 amide bonds. The van der Waals surface area contributed by atoms with Crippen molar-refractivity contribution in [3.63, 3.8) is 0 Å². The monoisotopic (exact) mass is 481 g/mol. The molecule has 2 aliphatic rings. The smallest absolute Gasteiger partial charge is 0.121 e. The zero-order chi connectivity index (χ0) is 24.5. The summed E-state index contributed by atoms with van der Waals surface area (Å²) in [4.78, 5) is 0. The van der Waals surface area contributed by atoms with Gasteiger partial charge < -0.3 is 25.1 Å². The van der Waals surface area contributed by atoms with Gasteiger partial charge in [0.1, 0.15) is 11.9 Å². The number of hydrogen-bond acceptors (Lipinski definition) is 4. The summed E-state index contributed by atoms with van der Waals surface area (Å²) in [5.41, 5.74) is 14.9. The third-order valence-corrected chi connectivity index (χ3v) is 7.83. The van der Waals surface area contributed by atoms with Gasteiger partial charge in [0.15, 0.2) is 0 Å². The van der Waals surface area contributed by atoms with Crippen molar-refractivity contribution < 1.29 is 9.47 Å². The first kappa shape index (κ1) is 23.0. The van der Waals surface area contributed by atoms with Gasteiger partial charge in [0.25, 0.3) is 0 Å². The molecule has 186 valence electrons. The largest absolute Gasteiger partial charge is 0.490 e. The van der Waals surface area contributed by atoms with E-state index in [4.69, 9.17) is 15.2 Å². The maximum absolute atomic E-state index is 6.82. The molecule has 0 atom stereocenters. The van der Waals surface area contributed by atoms with E-state index < -0.39 is 0 Å². The van der Waals surface area contributed by atoms with Crippen LogP contribution in [0.4, 0.5) is 11.4 Å². The molecule has 5 nitrogen and oxygen atoms in total. The lowest BCUT2D eigenvalue weighted by Crippen LogP contribution is -2.25. The lowest BCUT2D eigenvalue weighted by molar-refractivity contribution is 0.0256. The number of nitrogens with one attached hydrogen (secondary N) is 1. The molecular formula is C31H35N3O2. The fourth-order valence-electron chi connectivity index (χ4n) is 5.45. The average Bonchev–Trinajstić information content (AvgIpc) is 3.15. The summed E-state index contributed by atoms with van der Waals surface area (Å²) in [7, 11) is 0. The van der Waals surface area contributed by atoms with Crippen LogP contribution in [-0.4, -0.2) is 23.9 Å². The van der Waals surface area contributed by atoms with Gasteiger partial charge in [-0.3, -0.25) is 0 Å². The molecule has 0 radical (unpaired) electrons. The predicted molar refractivity (Wildman–Crippen MR) is 148 cm³/mol. The number of aryl methyl sites for hydroxylation is 1. The Bertz CT molecular complexity index is 1350. The molecule has 1 saturated carbocycles. The summed E-state index contributed by atoms with van der Waals surface area (Å²) < 4.78 is 14.3. The molecule has 3 aromatic carbocycles. The van der Waals surface area contributed by atoms with Crippen LogP contribution in [0.15, 0.2) is 66.7 Å². The van der Waals surface area contributed by atoms with Crippen LogP contribution >= 0.6 is 0 Å². The van der Waals surface area contributed by atoms with Crippen molar-refractivity contribution in [3.8, 4) is 17.0 Å². The summed E-state index contributed by atoms with van der Waals surface area (Å²) in [6, 6.07) is 24.1. The SMILES string of the molecule is Cc1ccccc1CNc1ccc(-c2c(N)c3ccc(OC4CCOCC4)cc3n2C2CCC2)cc1. The van der Waals surface area contributed by atoms with Gasteiger partial charge in [0, 0.05) is 48.1 Å². The van der Waals surface area contributed by atoms with Crippen LogP contribution in [0.25, 0.3) is 22.2 Å². The highest BCUT2D eigenvalue weighted by Crippen LogP contribution is 2.45. The molecule has 0 spiro atoms. The number of rotatable bonds is 7. The number of benzene rings is 3. The standard InChI is InChI=1S/C31H35N3O2/c1-21-5-2-3-6-23(21)20-33-24-11-9-22(10-12-24)31-30(32)28-14-13-27(36-26-15-17-35-18-16-26)19-29(28)34(31)25-7-4-8-25/h2-3,5-6,9-14,19,25-26,33H,4,7-8,15-18,20,32H2,1H3. The van der Waals surface area contributed by atoms with Crippen molar-refractivity contribution in [3.05, 3.63) is 77.9 Å². The molecule has 2 fully saturated rings. The summed E-state index contributed by atoms with van der Waals surface area (Å²) in [5.74, 6) is 0.926. The van der Waals surface area contributed by atoms with Crippen LogP contribution in [-0.2, 0) is 11.3 Å². The van der Waals surface area contributed by atoms with Crippen LogP contribution in [0.5, 0.6) is 5.75 Å². The third-order valence-electron chi connectivity index (χ3n) is 7.83. The van der Waals surface area contributed by atoms with E-state index in [-0.39, 0.29) is 6.10 Å². The first-order chi connectivity index (χ1) is 17.7. The molecular weight excluding hydrogens is 446 g/mol. The van der Waals surface area contributed by atoms with Crippen molar-refractivity contribution in [2.24, 2.45) is 0 Å². The molecule has 3 N–H and O–H groups in total. The fourth-order valence-corrected chi connectivity index (χ4v) is 5.45. The second kappa shape index (κ2) is 9.90. The van der Waals surface area contributed by atoms with Gasteiger partial charge in [-0.1, -0.05) is 36.4 Å². The van der Waals surface area contributed by atoms with Gasteiger partial charge in [-0.15, -0.1) is 0 Å².